The van der Waals surface area contributed by atoms with Crippen molar-refractivity contribution in [1.82, 2.24) is 14.5 Å². The molecule has 178 valence electrons. The van der Waals surface area contributed by atoms with Crippen LogP contribution >= 0.6 is 0 Å². The number of nitrogens with zero attached hydrogens (tertiary/aromatic N) is 4. The predicted octanol–water partition coefficient (Wildman–Crippen LogP) is 2.71. The van der Waals surface area contributed by atoms with Gasteiger partial charge in [-0.2, -0.15) is 13.2 Å². The molecule has 5 rings (SSSR count). The lowest BCUT2D eigenvalue weighted by molar-refractivity contribution is -0.147. The first-order chi connectivity index (χ1) is 16.3. The van der Waals surface area contributed by atoms with E-state index in [4.69, 9.17) is 9.47 Å². The Hall–Kier alpha value is -3.60. The first-order valence-corrected chi connectivity index (χ1v) is 10.8. The lowest BCUT2D eigenvalue weighted by atomic mass is 10.1. The highest BCUT2D eigenvalue weighted by atomic mass is 19.4. The third-order valence-electron chi connectivity index (χ3n) is 5.87. The summed E-state index contributed by atoms with van der Waals surface area (Å²) in [6, 6.07) is 12.8. The summed E-state index contributed by atoms with van der Waals surface area (Å²) >= 11 is 0. The van der Waals surface area contributed by atoms with E-state index >= 15 is 0 Å². The Morgan fingerprint density at radius 2 is 1.74 bits per heavy atom. The van der Waals surface area contributed by atoms with Gasteiger partial charge in [-0.25, -0.2) is 4.98 Å². The zero-order valence-electron chi connectivity index (χ0n) is 18.0. The molecule has 0 aliphatic carbocycles. The highest BCUT2D eigenvalue weighted by Crippen LogP contribution is 2.35. The van der Waals surface area contributed by atoms with Crippen LogP contribution in [0.4, 0.5) is 18.9 Å². The maximum absolute atomic E-state index is 13.7. The number of imidazole rings is 1. The van der Waals surface area contributed by atoms with Crippen molar-refractivity contribution in [3.05, 3.63) is 54.4 Å². The summed E-state index contributed by atoms with van der Waals surface area (Å²) in [6.45, 7) is 0.925. The standard InChI is InChI=1S/C23H21F3N4O4/c24-23(25,26)22-27-15-5-1-2-6-16(15)30(22)14-20(31)29-13-19(21(32)28-9-11-33-12-10-28)34-18-8-4-3-7-17(18)29/h1-8,19H,9-14H2/t19-/m1/s1. The van der Waals surface area contributed by atoms with Crippen LogP contribution in [0.3, 0.4) is 0 Å². The normalized spacial score (nSPS) is 18.5. The van der Waals surface area contributed by atoms with Crippen molar-refractivity contribution in [3.63, 3.8) is 0 Å². The summed E-state index contributed by atoms with van der Waals surface area (Å²) in [5.41, 5.74) is 0.743. The molecular weight excluding hydrogens is 453 g/mol. The number of benzene rings is 2. The molecule has 0 bridgehead atoms. The second-order valence-electron chi connectivity index (χ2n) is 8.02. The van der Waals surface area contributed by atoms with Crippen molar-refractivity contribution < 1.29 is 32.2 Å². The largest absolute Gasteiger partial charge is 0.476 e. The molecule has 11 heteroatoms. The summed E-state index contributed by atoms with van der Waals surface area (Å²) < 4.78 is 53.2. The van der Waals surface area contributed by atoms with Crippen LogP contribution in [-0.4, -0.2) is 65.2 Å². The zero-order valence-corrected chi connectivity index (χ0v) is 18.0. The van der Waals surface area contributed by atoms with Crippen LogP contribution in [0, 0.1) is 0 Å². The molecule has 0 spiro atoms. The van der Waals surface area contributed by atoms with Crippen LogP contribution in [0.5, 0.6) is 5.75 Å². The smallest absolute Gasteiger partial charge is 0.449 e. The van der Waals surface area contributed by atoms with Crippen LogP contribution in [0.1, 0.15) is 5.82 Å². The Morgan fingerprint density at radius 3 is 2.50 bits per heavy atom. The molecule has 3 heterocycles. The lowest BCUT2D eigenvalue weighted by Crippen LogP contribution is -2.54. The minimum absolute atomic E-state index is 0.111. The average Bonchev–Trinajstić information content (AvgIpc) is 3.22. The summed E-state index contributed by atoms with van der Waals surface area (Å²) in [7, 11) is 0. The molecule has 3 aromatic rings. The number of halogens is 3. The molecule has 2 aliphatic heterocycles. The number of para-hydroxylation sites is 4. The van der Waals surface area contributed by atoms with Gasteiger partial charge in [-0.1, -0.05) is 24.3 Å². The molecule has 0 radical (unpaired) electrons. The number of amides is 2. The molecule has 34 heavy (non-hydrogen) atoms. The van der Waals surface area contributed by atoms with Gasteiger partial charge in [-0.15, -0.1) is 0 Å². The molecular formula is C23H21F3N4O4. The van der Waals surface area contributed by atoms with Gasteiger partial charge in [0, 0.05) is 13.1 Å². The van der Waals surface area contributed by atoms with Crippen molar-refractivity contribution in [2.75, 3.05) is 37.7 Å². The number of anilines is 1. The average molecular weight is 474 g/mol. The summed E-state index contributed by atoms with van der Waals surface area (Å²) in [4.78, 5) is 33.1. The van der Waals surface area contributed by atoms with E-state index in [1.54, 1.807) is 41.3 Å². The number of rotatable bonds is 3. The fourth-order valence-electron chi connectivity index (χ4n) is 4.26. The Kier molecular flexibility index (Phi) is 5.64. The van der Waals surface area contributed by atoms with Crippen molar-refractivity contribution in [1.29, 1.82) is 0 Å². The number of fused-ring (bicyclic) bond motifs is 2. The third kappa shape index (κ3) is 4.07. The second-order valence-corrected chi connectivity index (χ2v) is 8.02. The van der Waals surface area contributed by atoms with E-state index in [0.29, 0.717) is 37.7 Å². The van der Waals surface area contributed by atoms with Crippen LogP contribution < -0.4 is 9.64 Å². The van der Waals surface area contributed by atoms with Gasteiger partial charge in [0.15, 0.2) is 6.10 Å². The number of aromatic nitrogens is 2. The third-order valence-corrected chi connectivity index (χ3v) is 5.87. The Bertz CT molecular complexity index is 1240. The topological polar surface area (TPSA) is 76.9 Å². The fraction of sp³-hybridized carbons (Fsp3) is 0.348. The molecule has 0 unspecified atom stereocenters. The SMILES string of the molecule is O=C([C@H]1CN(C(=O)Cn2c(C(F)(F)F)nc3ccccc32)c2ccccc2O1)N1CCOCC1. The molecule has 2 aliphatic rings. The van der Waals surface area contributed by atoms with Gasteiger partial charge in [0.2, 0.25) is 11.7 Å². The lowest BCUT2D eigenvalue weighted by Gasteiger charge is -2.37. The summed E-state index contributed by atoms with van der Waals surface area (Å²) in [5, 5.41) is 0. The maximum Gasteiger partial charge on any atom is 0.449 e. The summed E-state index contributed by atoms with van der Waals surface area (Å²) in [5.74, 6) is -1.73. The van der Waals surface area contributed by atoms with Crippen LogP contribution in [0.15, 0.2) is 48.5 Å². The Balaban J connectivity index is 1.47. The number of carbonyl (C=O) groups excluding carboxylic acids is 2. The highest BCUT2D eigenvalue weighted by Gasteiger charge is 2.40. The second kappa shape index (κ2) is 8.64. The molecule has 1 aromatic heterocycles. The minimum atomic E-state index is -4.74. The molecule has 2 amide bonds. The molecule has 1 atom stereocenters. The van der Waals surface area contributed by atoms with Crippen molar-refractivity contribution in [2.24, 2.45) is 0 Å². The number of morpholine rings is 1. The summed E-state index contributed by atoms with van der Waals surface area (Å²) in [6.07, 6.45) is -5.71. The van der Waals surface area contributed by atoms with E-state index in [1.165, 1.54) is 17.0 Å². The predicted molar refractivity (Wildman–Crippen MR) is 115 cm³/mol. The minimum Gasteiger partial charge on any atom is -0.476 e. The molecule has 1 fully saturated rings. The van der Waals surface area contributed by atoms with Gasteiger partial charge in [0.05, 0.1) is 36.5 Å². The first kappa shape index (κ1) is 22.2. The Morgan fingerprint density at radius 1 is 1.03 bits per heavy atom. The van der Waals surface area contributed by atoms with E-state index in [0.717, 1.165) is 4.57 Å². The highest BCUT2D eigenvalue weighted by molar-refractivity contribution is 5.98. The van der Waals surface area contributed by atoms with E-state index in [9.17, 15) is 22.8 Å². The number of carbonyl (C=O) groups is 2. The van der Waals surface area contributed by atoms with Gasteiger partial charge in [-0.05, 0) is 24.3 Å². The van der Waals surface area contributed by atoms with Gasteiger partial charge >= 0.3 is 6.18 Å². The number of alkyl halides is 3. The maximum atomic E-state index is 13.7. The van der Waals surface area contributed by atoms with Crippen LogP contribution in [0.25, 0.3) is 11.0 Å². The number of hydrogen-bond acceptors (Lipinski definition) is 5. The molecule has 2 aromatic carbocycles. The monoisotopic (exact) mass is 474 g/mol. The van der Waals surface area contributed by atoms with Crippen LogP contribution in [-0.2, 0) is 27.0 Å². The Labute approximate surface area is 192 Å². The van der Waals surface area contributed by atoms with E-state index < -0.39 is 30.6 Å². The van der Waals surface area contributed by atoms with E-state index in [2.05, 4.69) is 4.98 Å². The fourth-order valence-corrected chi connectivity index (χ4v) is 4.26. The van der Waals surface area contributed by atoms with Crippen molar-refractivity contribution in [2.45, 2.75) is 18.8 Å². The van der Waals surface area contributed by atoms with E-state index in [1.807, 2.05) is 0 Å². The van der Waals surface area contributed by atoms with Gasteiger partial charge < -0.3 is 23.8 Å². The van der Waals surface area contributed by atoms with Crippen molar-refractivity contribution in [3.8, 4) is 5.75 Å². The molecule has 0 saturated carbocycles. The number of ether oxygens (including phenoxy) is 2. The van der Waals surface area contributed by atoms with Crippen LogP contribution in [0.2, 0.25) is 0 Å². The molecule has 0 N–H and O–H groups in total. The first-order valence-electron chi connectivity index (χ1n) is 10.8. The molecule has 8 nitrogen and oxygen atoms in total. The quantitative estimate of drug-likeness (QED) is 0.584. The van der Waals surface area contributed by atoms with Gasteiger partial charge in [0.1, 0.15) is 12.3 Å². The van der Waals surface area contributed by atoms with Gasteiger partial charge in [-0.3, -0.25) is 9.59 Å². The zero-order chi connectivity index (χ0) is 23.9. The van der Waals surface area contributed by atoms with Crippen molar-refractivity contribution >= 4 is 28.5 Å². The number of hydrogen-bond donors (Lipinski definition) is 0. The van der Waals surface area contributed by atoms with E-state index in [-0.39, 0.29) is 23.5 Å². The van der Waals surface area contributed by atoms with Gasteiger partial charge in [0.25, 0.3) is 5.91 Å². The molecule has 1 saturated heterocycles.